The monoisotopic (exact) mass is 373 g/mol. The molecule has 1 unspecified atom stereocenters. The van der Waals surface area contributed by atoms with E-state index in [2.05, 4.69) is 55.6 Å². The molecule has 0 bridgehead atoms. The molecule has 1 aliphatic heterocycles. The van der Waals surface area contributed by atoms with E-state index in [0.29, 0.717) is 5.92 Å². The molecule has 6 heteroatoms. The van der Waals surface area contributed by atoms with Gasteiger partial charge in [0.15, 0.2) is 5.65 Å². The maximum Gasteiger partial charge on any atom is 0.219 e. The number of benzene rings is 1. The van der Waals surface area contributed by atoms with Gasteiger partial charge in [-0.05, 0) is 37.1 Å². The van der Waals surface area contributed by atoms with Crippen molar-refractivity contribution in [1.29, 1.82) is 0 Å². The molecule has 0 N–H and O–H groups in total. The second-order valence-corrected chi connectivity index (χ2v) is 7.64. The summed E-state index contributed by atoms with van der Waals surface area (Å²) in [5, 5.41) is 8.53. The minimum atomic E-state index is 0.158. The Balaban J connectivity index is 1.68. The number of likely N-dealkylation sites (tertiary alicyclic amines) is 1. The number of aryl methyl sites for hydroxylation is 1. The molecule has 4 aromatic rings. The van der Waals surface area contributed by atoms with Gasteiger partial charge >= 0.3 is 0 Å². The van der Waals surface area contributed by atoms with E-state index in [-0.39, 0.29) is 5.91 Å². The number of fused-ring (bicyclic) bond motifs is 3. The summed E-state index contributed by atoms with van der Waals surface area (Å²) in [6, 6.07) is 17.0. The average Bonchev–Trinajstić information content (AvgIpc) is 3.40. The van der Waals surface area contributed by atoms with Gasteiger partial charge in [-0.15, -0.1) is 10.2 Å². The molecule has 4 heterocycles. The summed E-state index contributed by atoms with van der Waals surface area (Å²) < 4.78 is 4.52. The van der Waals surface area contributed by atoms with Crippen molar-refractivity contribution < 1.29 is 4.79 Å². The molecule has 0 saturated carbocycles. The summed E-state index contributed by atoms with van der Waals surface area (Å²) in [6.45, 7) is 6.06. The number of carbonyl (C=O) groups excluding carboxylic acids is 1. The van der Waals surface area contributed by atoms with Crippen molar-refractivity contribution in [2.45, 2.75) is 32.7 Å². The van der Waals surface area contributed by atoms with Gasteiger partial charge in [-0.3, -0.25) is 9.20 Å². The molecule has 3 aromatic heterocycles. The summed E-state index contributed by atoms with van der Waals surface area (Å²) in [5.74, 6) is 1.39. The summed E-state index contributed by atoms with van der Waals surface area (Å²) in [7, 11) is 0. The Morgan fingerprint density at radius 2 is 1.93 bits per heavy atom. The summed E-state index contributed by atoms with van der Waals surface area (Å²) >= 11 is 0. The number of pyridine rings is 1. The number of nitrogens with zero attached hydrogens (tertiary/aromatic N) is 5. The van der Waals surface area contributed by atoms with E-state index >= 15 is 0 Å². The summed E-state index contributed by atoms with van der Waals surface area (Å²) in [5.41, 5.74) is 5.72. The van der Waals surface area contributed by atoms with Gasteiger partial charge in [-0.2, -0.15) is 0 Å². The Bertz CT molecular complexity index is 1170. The molecule has 0 radical (unpaired) electrons. The van der Waals surface area contributed by atoms with E-state index in [1.165, 1.54) is 16.8 Å². The van der Waals surface area contributed by atoms with E-state index in [9.17, 15) is 4.79 Å². The van der Waals surface area contributed by atoms with Gasteiger partial charge in [0.2, 0.25) is 5.91 Å². The molecule has 1 amide bonds. The number of amides is 1. The number of aromatic nitrogens is 4. The second-order valence-electron chi connectivity index (χ2n) is 7.64. The fourth-order valence-electron chi connectivity index (χ4n) is 4.43. The summed E-state index contributed by atoms with van der Waals surface area (Å²) in [4.78, 5) is 13.8. The largest absolute Gasteiger partial charge is 0.342 e. The van der Waals surface area contributed by atoms with Crippen molar-refractivity contribution >= 4 is 22.6 Å². The minimum Gasteiger partial charge on any atom is -0.342 e. The second kappa shape index (κ2) is 6.48. The zero-order chi connectivity index (χ0) is 19.3. The first-order chi connectivity index (χ1) is 13.6. The van der Waals surface area contributed by atoms with Crippen LogP contribution in [0.1, 0.15) is 36.3 Å². The van der Waals surface area contributed by atoms with Crippen LogP contribution in [0.4, 0.5) is 0 Å². The van der Waals surface area contributed by atoms with Gasteiger partial charge in [0.25, 0.3) is 0 Å². The molecule has 142 valence electrons. The smallest absolute Gasteiger partial charge is 0.219 e. The van der Waals surface area contributed by atoms with Crippen LogP contribution >= 0.6 is 0 Å². The fourth-order valence-corrected chi connectivity index (χ4v) is 4.43. The molecule has 1 aliphatic rings. The fraction of sp³-hybridized carbons (Fsp3) is 0.318. The van der Waals surface area contributed by atoms with E-state index in [1.807, 2.05) is 24.0 Å². The van der Waals surface area contributed by atoms with Crippen LogP contribution in [0.2, 0.25) is 0 Å². The first-order valence-corrected chi connectivity index (χ1v) is 9.75. The van der Waals surface area contributed by atoms with Crippen molar-refractivity contribution in [2.75, 3.05) is 13.1 Å². The Morgan fingerprint density at radius 1 is 1.11 bits per heavy atom. The first kappa shape index (κ1) is 17.0. The van der Waals surface area contributed by atoms with Crippen molar-refractivity contribution in [2.24, 2.45) is 0 Å². The van der Waals surface area contributed by atoms with E-state index in [4.69, 9.17) is 0 Å². The Kier molecular flexibility index (Phi) is 3.93. The van der Waals surface area contributed by atoms with Crippen LogP contribution in [0.25, 0.3) is 16.7 Å². The normalized spacial score (nSPS) is 17.1. The van der Waals surface area contributed by atoms with Gasteiger partial charge in [0, 0.05) is 38.2 Å². The average molecular weight is 373 g/mol. The third-order valence-electron chi connectivity index (χ3n) is 5.87. The zero-order valence-electron chi connectivity index (χ0n) is 16.2. The van der Waals surface area contributed by atoms with Crippen LogP contribution < -0.4 is 0 Å². The molecule has 0 spiro atoms. The SMILES string of the molecule is CC(=O)N1CCC(c2cc3c(ccc4nnc(C)n43)n2Cc2ccccc2)C1. The molecule has 6 nitrogen and oxygen atoms in total. The van der Waals surface area contributed by atoms with Crippen molar-refractivity contribution in [3.63, 3.8) is 0 Å². The Hall–Kier alpha value is -3.15. The molecule has 1 aromatic carbocycles. The topological polar surface area (TPSA) is 55.4 Å². The van der Waals surface area contributed by atoms with Crippen molar-refractivity contribution in [1.82, 2.24) is 24.1 Å². The van der Waals surface area contributed by atoms with E-state index in [1.54, 1.807) is 6.92 Å². The zero-order valence-corrected chi connectivity index (χ0v) is 16.2. The number of carbonyl (C=O) groups is 1. The van der Waals surface area contributed by atoms with E-state index in [0.717, 1.165) is 43.0 Å². The lowest BCUT2D eigenvalue weighted by Gasteiger charge is -2.17. The van der Waals surface area contributed by atoms with Crippen molar-refractivity contribution in [3.8, 4) is 0 Å². The van der Waals surface area contributed by atoms with Crippen LogP contribution in [0.15, 0.2) is 48.5 Å². The molecule has 28 heavy (non-hydrogen) atoms. The Morgan fingerprint density at radius 3 is 2.68 bits per heavy atom. The third-order valence-corrected chi connectivity index (χ3v) is 5.87. The number of hydrogen-bond acceptors (Lipinski definition) is 3. The highest BCUT2D eigenvalue weighted by Crippen LogP contribution is 2.33. The number of hydrogen-bond donors (Lipinski definition) is 0. The molecule has 1 atom stereocenters. The lowest BCUT2D eigenvalue weighted by atomic mass is 10.0. The third kappa shape index (κ3) is 2.68. The molecular formula is C22H23N5O. The van der Waals surface area contributed by atoms with Crippen molar-refractivity contribution in [3.05, 3.63) is 65.6 Å². The van der Waals surface area contributed by atoms with Gasteiger partial charge in [-0.1, -0.05) is 30.3 Å². The van der Waals surface area contributed by atoms with Gasteiger partial charge in [-0.25, -0.2) is 0 Å². The first-order valence-electron chi connectivity index (χ1n) is 9.75. The number of rotatable bonds is 3. The van der Waals surface area contributed by atoms with Gasteiger partial charge in [0.1, 0.15) is 5.82 Å². The van der Waals surface area contributed by atoms with Crippen LogP contribution in [-0.4, -0.2) is 43.1 Å². The molecular weight excluding hydrogens is 350 g/mol. The quantitative estimate of drug-likeness (QED) is 0.553. The predicted molar refractivity (Wildman–Crippen MR) is 108 cm³/mol. The predicted octanol–water partition coefficient (Wildman–Crippen LogP) is 3.38. The maximum atomic E-state index is 11.9. The molecule has 0 aliphatic carbocycles. The van der Waals surface area contributed by atoms with Crippen LogP contribution in [0.5, 0.6) is 0 Å². The van der Waals surface area contributed by atoms with Crippen LogP contribution in [0.3, 0.4) is 0 Å². The maximum absolute atomic E-state index is 11.9. The molecule has 5 rings (SSSR count). The highest BCUT2D eigenvalue weighted by atomic mass is 16.2. The Labute approximate surface area is 163 Å². The lowest BCUT2D eigenvalue weighted by Crippen LogP contribution is -2.25. The summed E-state index contributed by atoms with van der Waals surface area (Å²) in [6.07, 6.45) is 0.995. The van der Waals surface area contributed by atoms with E-state index < -0.39 is 0 Å². The highest BCUT2D eigenvalue weighted by molar-refractivity contribution is 5.81. The van der Waals surface area contributed by atoms with Gasteiger partial charge in [0.05, 0.1) is 11.0 Å². The molecule has 1 fully saturated rings. The van der Waals surface area contributed by atoms with Crippen LogP contribution in [-0.2, 0) is 11.3 Å². The lowest BCUT2D eigenvalue weighted by molar-refractivity contribution is -0.127. The standard InChI is InChI=1S/C22H23N5O/c1-15-23-24-22-9-8-19-21(27(15)22)12-20(18-10-11-25(14-18)16(2)28)26(19)13-17-6-4-3-5-7-17/h3-9,12,18H,10-11,13-14H2,1-2H3. The minimum absolute atomic E-state index is 0.158. The van der Waals surface area contributed by atoms with Crippen LogP contribution in [0, 0.1) is 6.92 Å². The highest BCUT2D eigenvalue weighted by Gasteiger charge is 2.29. The molecule has 1 saturated heterocycles. The van der Waals surface area contributed by atoms with Gasteiger partial charge < -0.3 is 9.47 Å².